The van der Waals surface area contributed by atoms with E-state index in [0.717, 1.165) is 11.4 Å². The Morgan fingerprint density at radius 1 is 1.43 bits per heavy atom. The van der Waals surface area contributed by atoms with E-state index in [4.69, 9.17) is 9.94 Å². The number of imidazole rings is 1. The SMILES string of the molecule is CC(C)c1nccn1Cc1cccc(NC(=O)NOCCO)c1. The van der Waals surface area contributed by atoms with Crippen LogP contribution in [0.5, 0.6) is 0 Å². The topological polar surface area (TPSA) is 88.4 Å². The molecule has 3 N–H and O–H groups in total. The average Bonchev–Trinajstić information content (AvgIpc) is 2.96. The fourth-order valence-electron chi connectivity index (χ4n) is 2.22. The number of rotatable bonds is 7. The maximum absolute atomic E-state index is 11.6. The predicted molar refractivity (Wildman–Crippen MR) is 87.1 cm³/mol. The summed E-state index contributed by atoms with van der Waals surface area (Å²) in [6.07, 6.45) is 3.74. The molecular formula is C16H22N4O3. The molecule has 0 aliphatic carbocycles. The summed E-state index contributed by atoms with van der Waals surface area (Å²) in [5, 5.41) is 11.3. The maximum Gasteiger partial charge on any atom is 0.343 e. The number of carbonyl (C=O) groups excluding carboxylic acids is 1. The lowest BCUT2D eigenvalue weighted by molar-refractivity contribution is 0.0400. The highest BCUT2D eigenvalue weighted by Gasteiger charge is 2.08. The van der Waals surface area contributed by atoms with Crippen molar-refractivity contribution in [1.82, 2.24) is 15.0 Å². The highest BCUT2D eigenvalue weighted by atomic mass is 16.7. The first-order valence-corrected chi connectivity index (χ1v) is 7.49. The number of carbonyl (C=O) groups is 1. The molecule has 0 aliphatic rings. The second kappa shape index (κ2) is 8.30. The van der Waals surface area contributed by atoms with Crippen LogP contribution in [-0.4, -0.2) is 33.9 Å². The van der Waals surface area contributed by atoms with Crippen molar-refractivity contribution in [2.45, 2.75) is 26.3 Å². The van der Waals surface area contributed by atoms with Crippen LogP contribution in [0.4, 0.5) is 10.5 Å². The second-order valence-electron chi connectivity index (χ2n) is 5.40. The number of nitrogens with zero attached hydrogens (tertiary/aromatic N) is 2. The number of nitrogens with one attached hydrogen (secondary N) is 2. The number of anilines is 1. The van der Waals surface area contributed by atoms with E-state index in [1.807, 2.05) is 24.4 Å². The first-order chi connectivity index (χ1) is 11.1. The Bertz CT molecular complexity index is 640. The summed E-state index contributed by atoms with van der Waals surface area (Å²) in [5.41, 5.74) is 3.92. The monoisotopic (exact) mass is 318 g/mol. The van der Waals surface area contributed by atoms with Gasteiger partial charge in [-0.2, -0.15) is 0 Å². The number of aromatic nitrogens is 2. The molecule has 1 aromatic heterocycles. The van der Waals surface area contributed by atoms with Gasteiger partial charge in [-0.05, 0) is 17.7 Å². The molecule has 0 saturated carbocycles. The largest absolute Gasteiger partial charge is 0.394 e. The molecule has 7 heteroatoms. The van der Waals surface area contributed by atoms with E-state index in [1.54, 1.807) is 12.3 Å². The highest BCUT2D eigenvalue weighted by Crippen LogP contribution is 2.16. The van der Waals surface area contributed by atoms with E-state index >= 15 is 0 Å². The number of hydroxylamine groups is 1. The van der Waals surface area contributed by atoms with Gasteiger partial charge in [-0.1, -0.05) is 26.0 Å². The van der Waals surface area contributed by atoms with Crippen molar-refractivity contribution in [3.05, 3.63) is 48.0 Å². The van der Waals surface area contributed by atoms with Crippen molar-refractivity contribution in [2.24, 2.45) is 0 Å². The van der Waals surface area contributed by atoms with E-state index in [0.29, 0.717) is 18.2 Å². The van der Waals surface area contributed by atoms with Crippen LogP contribution in [0.3, 0.4) is 0 Å². The molecule has 0 atom stereocenters. The van der Waals surface area contributed by atoms with Crippen molar-refractivity contribution in [2.75, 3.05) is 18.5 Å². The third kappa shape index (κ3) is 5.08. The Kier molecular flexibility index (Phi) is 6.13. The maximum atomic E-state index is 11.6. The highest BCUT2D eigenvalue weighted by molar-refractivity contribution is 5.88. The first-order valence-electron chi connectivity index (χ1n) is 7.49. The quantitative estimate of drug-likeness (QED) is 0.539. The third-order valence-corrected chi connectivity index (χ3v) is 3.16. The minimum Gasteiger partial charge on any atom is -0.394 e. The molecule has 1 aromatic carbocycles. The molecule has 0 spiro atoms. The van der Waals surface area contributed by atoms with Crippen molar-refractivity contribution < 1.29 is 14.7 Å². The van der Waals surface area contributed by atoms with Gasteiger partial charge in [-0.3, -0.25) is 4.84 Å². The van der Waals surface area contributed by atoms with Gasteiger partial charge in [-0.15, -0.1) is 0 Å². The van der Waals surface area contributed by atoms with Gasteiger partial charge >= 0.3 is 6.03 Å². The summed E-state index contributed by atoms with van der Waals surface area (Å²) in [6.45, 7) is 4.79. The number of aliphatic hydroxyl groups is 1. The smallest absolute Gasteiger partial charge is 0.343 e. The zero-order valence-electron chi connectivity index (χ0n) is 13.3. The van der Waals surface area contributed by atoms with Crippen LogP contribution >= 0.6 is 0 Å². The zero-order chi connectivity index (χ0) is 16.7. The number of amides is 2. The lowest BCUT2D eigenvalue weighted by Gasteiger charge is -2.12. The molecule has 1 heterocycles. The molecule has 124 valence electrons. The van der Waals surface area contributed by atoms with E-state index in [9.17, 15) is 4.79 Å². The van der Waals surface area contributed by atoms with Gasteiger partial charge in [0.25, 0.3) is 0 Å². The summed E-state index contributed by atoms with van der Waals surface area (Å²) in [5.74, 6) is 1.37. The number of benzene rings is 1. The molecule has 0 aliphatic heterocycles. The van der Waals surface area contributed by atoms with Crippen LogP contribution in [0.15, 0.2) is 36.7 Å². The van der Waals surface area contributed by atoms with Crippen LogP contribution in [0.25, 0.3) is 0 Å². The molecule has 2 rings (SSSR count). The van der Waals surface area contributed by atoms with Gasteiger partial charge in [0.1, 0.15) is 5.82 Å². The Balaban J connectivity index is 1.99. The number of hydrogen-bond acceptors (Lipinski definition) is 4. The summed E-state index contributed by atoms with van der Waals surface area (Å²) < 4.78 is 2.09. The Labute approximate surface area is 135 Å². The van der Waals surface area contributed by atoms with Gasteiger partial charge in [-0.25, -0.2) is 15.3 Å². The van der Waals surface area contributed by atoms with Gasteiger partial charge in [0, 0.05) is 30.5 Å². The number of urea groups is 1. The van der Waals surface area contributed by atoms with Crippen LogP contribution in [0.2, 0.25) is 0 Å². The Morgan fingerprint density at radius 3 is 3.00 bits per heavy atom. The van der Waals surface area contributed by atoms with E-state index < -0.39 is 6.03 Å². The molecule has 2 amide bonds. The molecule has 0 bridgehead atoms. The average molecular weight is 318 g/mol. The molecular weight excluding hydrogens is 296 g/mol. The van der Waals surface area contributed by atoms with E-state index in [-0.39, 0.29) is 13.2 Å². The molecule has 0 unspecified atom stereocenters. The second-order valence-corrected chi connectivity index (χ2v) is 5.40. The van der Waals surface area contributed by atoms with E-state index in [1.165, 1.54) is 0 Å². The normalized spacial score (nSPS) is 10.8. The molecule has 7 nitrogen and oxygen atoms in total. The van der Waals surface area contributed by atoms with Crippen LogP contribution in [-0.2, 0) is 11.4 Å². The summed E-state index contributed by atoms with van der Waals surface area (Å²) in [6, 6.07) is 7.09. The number of hydrogen-bond donors (Lipinski definition) is 3. The Morgan fingerprint density at radius 2 is 2.26 bits per heavy atom. The van der Waals surface area contributed by atoms with E-state index in [2.05, 4.69) is 34.2 Å². The minimum atomic E-state index is -0.485. The third-order valence-electron chi connectivity index (χ3n) is 3.16. The lowest BCUT2D eigenvalue weighted by atomic mass is 10.1. The first kappa shape index (κ1) is 17.0. The lowest BCUT2D eigenvalue weighted by Crippen LogP contribution is -2.29. The van der Waals surface area contributed by atoms with Crippen molar-refractivity contribution >= 4 is 11.7 Å². The summed E-state index contributed by atoms with van der Waals surface area (Å²) in [7, 11) is 0. The van der Waals surface area contributed by atoms with Crippen LogP contribution in [0.1, 0.15) is 31.2 Å². The Hall–Kier alpha value is -2.38. The number of aliphatic hydroxyl groups excluding tert-OH is 1. The minimum absolute atomic E-state index is 0.0477. The predicted octanol–water partition coefficient (Wildman–Crippen LogP) is 2.10. The summed E-state index contributed by atoms with van der Waals surface area (Å²) >= 11 is 0. The molecule has 0 saturated heterocycles. The molecule has 23 heavy (non-hydrogen) atoms. The van der Waals surface area contributed by atoms with Crippen LogP contribution in [0, 0.1) is 0 Å². The van der Waals surface area contributed by atoms with Gasteiger partial charge in [0.15, 0.2) is 0 Å². The van der Waals surface area contributed by atoms with Crippen LogP contribution < -0.4 is 10.8 Å². The molecule has 0 radical (unpaired) electrons. The van der Waals surface area contributed by atoms with Gasteiger partial charge in [0.2, 0.25) is 0 Å². The van der Waals surface area contributed by atoms with Crippen molar-refractivity contribution in [3.63, 3.8) is 0 Å². The van der Waals surface area contributed by atoms with Gasteiger partial charge < -0.3 is 15.0 Å². The summed E-state index contributed by atoms with van der Waals surface area (Å²) in [4.78, 5) is 20.7. The fraction of sp³-hybridized carbons (Fsp3) is 0.375. The zero-order valence-corrected chi connectivity index (χ0v) is 13.3. The van der Waals surface area contributed by atoms with Crippen molar-refractivity contribution in [3.8, 4) is 0 Å². The fourth-order valence-corrected chi connectivity index (χ4v) is 2.22. The van der Waals surface area contributed by atoms with Crippen molar-refractivity contribution in [1.29, 1.82) is 0 Å². The molecule has 0 fully saturated rings. The molecule has 2 aromatic rings. The van der Waals surface area contributed by atoms with Gasteiger partial charge in [0.05, 0.1) is 13.2 Å². The standard InChI is InChI=1S/C16H22N4O3/c1-12(2)15-17-6-7-20(15)11-13-4-3-5-14(10-13)18-16(22)19-23-9-8-21/h3-7,10,12,21H,8-9,11H2,1-2H3,(H2,18,19,22).